The van der Waals surface area contributed by atoms with Gasteiger partial charge in [0, 0.05) is 35.3 Å². The molecular formula is C28H32F3N3O2. The number of halogens is 3. The molecule has 3 atom stereocenters. The Morgan fingerprint density at radius 1 is 1.11 bits per heavy atom. The highest BCUT2D eigenvalue weighted by Crippen LogP contribution is 2.39. The van der Waals surface area contributed by atoms with Gasteiger partial charge in [-0.05, 0) is 49.6 Å². The number of hydrogen-bond donors (Lipinski definition) is 2. The molecule has 1 heterocycles. The lowest BCUT2D eigenvalue weighted by atomic mass is 9.92. The van der Waals surface area contributed by atoms with Crippen molar-refractivity contribution in [1.82, 2.24) is 4.98 Å². The van der Waals surface area contributed by atoms with Crippen LogP contribution < -0.4 is 16.2 Å². The number of pyridine rings is 1. The molecule has 1 aromatic heterocycles. The van der Waals surface area contributed by atoms with Crippen molar-refractivity contribution < 1.29 is 22.6 Å². The van der Waals surface area contributed by atoms with Gasteiger partial charge in [0.1, 0.15) is 5.75 Å². The number of para-hydroxylation sites is 1. The maximum absolute atomic E-state index is 13.0. The van der Waals surface area contributed by atoms with Crippen molar-refractivity contribution in [3.63, 3.8) is 0 Å². The molecule has 8 heteroatoms. The van der Waals surface area contributed by atoms with Gasteiger partial charge in [-0.25, -0.2) is 0 Å². The van der Waals surface area contributed by atoms with Crippen LogP contribution in [0.3, 0.4) is 0 Å². The van der Waals surface area contributed by atoms with E-state index < -0.39 is 17.8 Å². The van der Waals surface area contributed by atoms with Crippen LogP contribution in [-0.2, 0) is 10.9 Å². The predicted octanol–water partition coefficient (Wildman–Crippen LogP) is 5.97. The fourth-order valence-corrected chi connectivity index (χ4v) is 4.23. The summed E-state index contributed by atoms with van der Waals surface area (Å²) in [6.07, 6.45) is 1.09. The van der Waals surface area contributed by atoms with Crippen LogP contribution in [0.5, 0.6) is 5.75 Å². The molecule has 0 aliphatic rings. The number of nitrogens with two attached hydrogens (primary N) is 2. The molecule has 0 saturated heterocycles. The quantitative estimate of drug-likeness (QED) is 0.336. The average molecular weight is 500 g/mol. The Morgan fingerprint density at radius 3 is 2.39 bits per heavy atom. The van der Waals surface area contributed by atoms with Crippen LogP contribution in [0.2, 0.25) is 0 Å². The van der Waals surface area contributed by atoms with E-state index in [4.69, 9.17) is 20.9 Å². The maximum atomic E-state index is 13.0. The van der Waals surface area contributed by atoms with Crippen molar-refractivity contribution >= 4 is 16.5 Å². The molecule has 0 spiro atoms. The van der Waals surface area contributed by atoms with Gasteiger partial charge in [0.05, 0.1) is 30.4 Å². The fraction of sp³-hybridized carbons (Fsp3) is 0.321. The highest BCUT2D eigenvalue weighted by Gasteiger charge is 2.30. The van der Waals surface area contributed by atoms with E-state index in [1.54, 1.807) is 19.4 Å². The van der Waals surface area contributed by atoms with Crippen molar-refractivity contribution in [2.24, 2.45) is 11.5 Å². The van der Waals surface area contributed by atoms with E-state index in [0.29, 0.717) is 40.9 Å². The van der Waals surface area contributed by atoms with Gasteiger partial charge in [-0.2, -0.15) is 13.2 Å². The lowest BCUT2D eigenvalue weighted by Gasteiger charge is -2.24. The Balaban J connectivity index is 2.04. The molecule has 0 aliphatic carbocycles. The Hall–Kier alpha value is -3.20. The number of ether oxygens (including phenoxy) is 2. The molecule has 5 nitrogen and oxygen atoms in total. The van der Waals surface area contributed by atoms with Gasteiger partial charge in [0.2, 0.25) is 0 Å². The molecule has 192 valence electrons. The van der Waals surface area contributed by atoms with E-state index in [2.05, 4.69) is 11.6 Å². The minimum atomic E-state index is -4.40. The van der Waals surface area contributed by atoms with Crippen molar-refractivity contribution in [2.45, 2.75) is 44.7 Å². The number of alkyl halides is 3. The predicted molar refractivity (Wildman–Crippen MR) is 139 cm³/mol. The molecule has 36 heavy (non-hydrogen) atoms. The second kappa shape index (κ2) is 11.7. The van der Waals surface area contributed by atoms with Crippen LogP contribution >= 0.6 is 0 Å². The van der Waals surface area contributed by atoms with Gasteiger partial charge in [-0.3, -0.25) is 4.98 Å². The molecule has 1 unspecified atom stereocenters. The number of benzene rings is 2. The summed E-state index contributed by atoms with van der Waals surface area (Å²) in [7, 11) is 1.56. The van der Waals surface area contributed by atoms with Crippen LogP contribution in [-0.4, -0.2) is 36.9 Å². The first-order valence-corrected chi connectivity index (χ1v) is 11.7. The number of nitrogens with zero attached hydrogens (tertiary/aromatic N) is 1. The SMILES string of the molecule is C=C/C=C(/c1cnc2c(-c3ccc(C(F)(F)F)cc3)cccc2c1OC)C(N)C[C@H](C)O[C@H](C)CN. The summed E-state index contributed by atoms with van der Waals surface area (Å²) >= 11 is 0. The van der Waals surface area contributed by atoms with E-state index in [1.165, 1.54) is 12.1 Å². The van der Waals surface area contributed by atoms with E-state index >= 15 is 0 Å². The van der Waals surface area contributed by atoms with Crippen LogP contribution in [0.1, 0.15) is 31.4 Å². The summed E-state index contributed by atoms with van der Waals surface area (Å²) < 4.78 is 50.7. The van der Waals surface area contributed by atoms with Crippen LogP contribution in [0.25, 0.3) is 27.6 Å². The lowest BCUT2D eigenvalue weighted by Crippen LogP contribution is -2.31. The first-order chi connectivity index (χ1) is 17.1. The smallest absolute Gasteiger partial charge is 0.416 e. The second-order valence-corrected chi connectivity index (χ2v) is 8.67. The molecule has 3 rings (SSSR count). The topological polar surface area (TPSA) is 83.4 Å². The minimum Gasteiger partial charge on any atom is -0.495 e. The molecule has 4 N–H and O–H groups in total. The zero-order valence-electron chi connectivity index (χ0n) is 20.7. The Morgan fingerprint density at radius 2 is 1.81 bits per heavy atom. The summed E-state index contributed by atoms with van der Waals surface area (Å²) in [5.74, 6) is 0.571. The summed E-state index contributed by atoms with van der Waals surface area (Å²) in [5, 5.41) is 0.718. The van der Waals surface area contributed by atoms with Gasteiger partial charge >= 0.3 is 6.18 Å². The summed E-state index contributed by atoms with van der Waals surface area (Å²) in [5.41, 5.74) is 15.0. The van der Waals surface area contributed by atoms with E-state index in [-0.39, 0.29) is 12.2 Å². The molecule has 2 aromatic carbocycles. The van der Waals surface area contributed by atoms with Crippen molar-refractivity contribution in [1.29, 1.82) is 0 Å². The average Bonchev–Trinajstić information content (AvgIpc) is 2.85. The minimum absolute atomic E-state index is 0.0838. The Labute approximate surface area is 209 Å². The molecule has 0 amide bonds. The summed E-state index contributed by atoms with van der Waals surface area (Å²) in [6, 6.07) is 10.1. The molecule has 0 bridgehead atoms. The van der Waals surface area contributed by atoms with Gasteiger partial charge in [0.25, 0.3) is 0 Å². The van der Waals surface area contributed by atoms with Crippen LogP contribution in [0.15, 0.2) is 67.4 Å². The zero-order valence-corrected chi connectivity index (χ0v) is 20.7. The first kappa shape index (κ1) is 27.4. The molecular weight excluding hydrogens is 467 g/mol. The first-order valence-electron chi connectivity index (χ1n) is 11.7. The monoisotopic (exact) mass is 499 g/mol. The molecule has 0 saturated carbocycles. The van der Waals surface area contributed by atoms with E-state index in [9.17, 15) is 13.2 Å². The molecule has 0 radical (unpaired) electrons. The third kappa shape index (κ3) is 6.13. The van der Waals surface area contributed by atoms with Crippen molar-refractivity contribution in [3.8, 4) is 16.9 Å². The lowest BCUT2D eigenvalue weighted by molar-refractivity contribution is -0.137. The number of aromatic nitrogens is 1. The number of rotatable bonds is 10. The van der Waals surface area contributed by atoms with Crippen LogP contribution in [0, 0.1) is 0 Å². The van der Waals surface area contributed by atoms with Gasteiger partial charge < -0.3 is 20.9 Å². The second-order valence-electron chi connectivity index (χ2n) is 8.67. The summed E-state index contributed by atoms with van der Waals surface area (Å²) in [4.78, 5) is 4.68. The molecule has 3 aromatic rings. The summed E-state index contributed by atoms with van der Waals surface area (Å²) in [6.45, 7) is 8.10. The molecule has 0 fully saturated rings. The third-order valence-electron chi connectivity index (χ3n) is 5.97. The van der Waals surface area contributed by atoms with E-state index in [1.807, 2.05) is 38.1 Å². The fourth-order valence-electron chi connectivity index (χ4n) is 4.23. The largest absolute Gasteiger partial charge is 0.495 e. The highest BCUT2D eigenvalue weighted by molar-refractivity contribution is 5.99. The number of fused-ring (bicyclic) bond motifs is 1. The Bertz CT molecular complexity index is 1220. The van der Waals surface area contributed by atoms with Gasteiger partial charge in [0.15, 0.2) is 0 Å². The zero-order chi connectivity index (χ0) is 26.5. The van der Waals surface area contributed by atoms with Crippen LogP contribution in [0.4, 0.5) is 13.2 Å². The third-order valence-corrected chi connectivity index (χ3v) is 5.97. The Kier molecular flexibility index (Phi) is 8.89. The maximum Gasteiger partial charge on any atom is 0.416 e. The van der Waals surface area contributed by atoms with Gasteiger partial charge in [-0.1, -0.05) is 43.0 Å². The molecule has 0 aliphatic heterocycles. The standard InChI is InChI=1S/C28H32F3N3O2/c1-5-7-22(25(33)14-17(2)36-18(3)15-32)24-16-34-26-21(8-6-9-23(26)27(24)35-4)19-10-12-20(13-11-19)28(29,30)31/h5-13,16-18,25H,1,14-15,32-33H2,2-4H3/b22-7-/t17-,18+,25?/m0/s1. The number of hydrogen-bond acceptors (Lipinski definition) is 5. The van der Waals surface area contributed by atoms with E-state index in [0.717, 1.165) is 23.1 Å². The van der Waals surface area contributed by atoms with Gasteiger partial charge in [-0.15, -0.1) is 0 Å². The normalized spacial score (nSPS) is 14.9. The van der Waals surface area contributed by atoms with Crippen molar-refractivity contribution in [3.05, 3.63) is 78.5 Å². The van der Waals surface area contributed by atoms with Crippen molar-refractivity contribution in [2.75, 3.05) is 13.7 Å². The number of allylic oxidation sites excluding steroid dienone is 2. The highest BCUT2D eigenvalue weighted by atomic mass is 19.4. The number of methoxy groups -OCH3 is 1.